The standard InChI is InChI=1S/C12H10N2O/c15-12(11-5-1-2-8-14-11)7-6-10-4-3-9-13-10/h1-9,13H/b7-6+. The molecule has 2 aromatic rings. The lowest BCUT2D eigenvalue weighted by Gasteiger charge is -1.92. The monoisotopic (exact) mass is 198 g/mol. The summed E-state index contributed by atoms with van der Waals surface area (Å²) in [6, 6.07) is 9.04. The molecule has 15 heavy (non-hydrogen) atoms. The zero-order chi connectivity index (χ0) is 10.5. The number of carbonyl (C=O) groups excluding carboxylic acids is 1. The van der Waals surface area contributed by atoms with Crippen LogP contribution in [0.5, 0.6) is 0 Å². The van der Waals surface area contributed by atoms with Gasteiger partial charge in [0.05, 0.1) is 0 Å². The Labute approximate surface area is 87.5 Å². The van der Waals surface area contributed by atoms with Crippen LogP contribution in [-0.4, -0.2) is 15.8 Å². The van der Waals surface area contributed by atoms with Crippen molar-refractivity contribution in [1.82, 2.24) is 9.97 Å². The van der Waals surface area contributed by atoms with Gasteiger partial charge >= 0.3 is 0 Å². The van der Waals surface area contributed by atoms with Gasteiger partial charge in [0.15, 0.2) is 0 Å². The number of nitrogens with one attached hydrogen (secondary N) is 1. The first-order chi connectivity index (χ1) is 7.36. The molecule has 2 aromatic heterocycles. The Morgan fingerprint density at radius 3 is 2.87 bits per heavy atom. The van der Waals surface area contributed by atoms with Gasteiger partial charge in [-0.2, -0.15) is 0 Å². The number of carbonyl (C=O) groups is 1. The topological polar surface area (TPSA) is 45.8 Å². The Morgan fingerprint density at radius 2 is 2.20 bits per heavy atom. The van der Waals surface area contributed by atoms with Crippen molar-refractivity contribution in [1.29, 1.82) is 0 Å². The molecule has 0 spiro atoms. The Bertz CT molecular complexity index is 458. The SMILES string of the molecule is O=C(/C=C/c1ccc[nH]1)c1ccccn1. The fourth-order valence-electron chi connectivity index (χ4n) is 1.21. The number of nitrogens with zero attached hydrogens (tertiary/aromatic N) is 1. The van der Waals surface area contributed by atoms with E-state index in [1.807, 2.05) is 18.3 Å². The third kappa shape index (κ3) is 2.40. The molecule has 0 radical (unpaired) electrons. The average molecular weight is 198 g/mol. The van der Waals surface area contributed by atoms with Crippen molar-refractivity contribution in [2.24, 2.45) is 0 Å². The van der Waals surface area contributed by atoms with Crippen molar-refractivity contribution in [2.75, 3.05) is 0 Å². The van der Waals surface area contributed by atoms with Crippen LogP contribution in [0.3, 0.4) is 0 Å². The number of ketones is 1. The molecule has 0 fully saturated rings. The summed E-state index contributed by atoms with van der Waals surface area (Å²) in [7, 11) is 0. The molecule has 0 amide bonds. The smallest absolute Gasteiger partial charge is 0.204 e. The normalized spacial score (nSPS) is 10.7. The van der Waals surface area contributed by atoms with Crippen LogP contribution in [0.1, 0.15) is 16.2 Å². The number of rotatable bonds is 3. The third-order valence-electron chi connectivity index (χ3n) is 1.95. The summed E-state index contributed by atoms with van der Waals surface area (Å²) in [6.07, 6.45) is 6.66. The van der Waals surface area contributed by atoms with Crippen LogP contribution in [0, 0.1) is 0 Å². The van der Waals surface area contributed by atoms with Crippen LogP contribution in [0.4, 0.5) is 0 Å². The van der Waals surface area contributed by atoms with E-state index < -0.39 is 0 Å². The second-order valence-electron chi connectivity index (χ2n) is 3.04. The Morgan fingerprint density at radius 1 is 1.27 bits per heavy atom. The highest BCUT2D eigenvalue weighted by molar-refractivity contribution is 6.05. The molecule has 0 aliphatic carbocycles. The molecule has 1 N–H and O–H groups in total. The summed E-state index contributed by atoms with van der Waals surface area (Å²) in [5, 5.41) is 0. The predicted molar refractivity (Wildman–Crippen MR) is 58.4 cm³/mol. The summed E-state index contributed by atoms with van der Waals surface area (Å²) in [4.78, 5) is 18.5. The van der Waals surface area contributed by atoms with Gasteiger partial charge in [0.2, 0.25) is 5.78 Å². The predicted octanol–water partition coefficient (Wildman–Crippen LogP) is 2.31. The van der Waals surface area contributed by atoms with Gasteiger partial charge in [0, 0.05) is 18.1 Å². The first-order valence-corrected chi connectivity index (χ1v) is 4.63. The molecule has 3 nitrogen and oxygen atoms in total. The van der Waals surface area contributed by atoms with E-state index in [2.05, 4.69) is 9.97 Å². The zero-order valence-electron chi connectivity index (χ0n) is 8.05. The van der Waals surface area contributed by atoms with Crippen LogP contribution >= 0.6 is 0 Å². The minimum atomic E-state index is -0.0924. The molecule has 0 saturated carbocycles. The largest absolute Gasteiger partial charge is 0.362 e. The minimum Gasteiger partial charge on any atom is -0.362 e. The van der Waals surface area contributed by atoms with E-state index in [1.54, 1.807) is 30.5 Å². The van der Waals surface area contributed by atoms with Crippen LogP contribution < -0.4 is 0 Å². The first kappa shape index (κ1) is 9.40. The summed E-state index contributed by atoms with van der Waals surface area (Å²) in [5.74, 6) is -0.0924. The highest BCUT2D eigenvalue weighted by Gasteiger charge is 2.00. The average Bonchev–Trinajstić information content (AvgIpc) is 2.80. The molecule has 0 aliphatic heterocycles. The second kappa shape index (κ2) is 4.37. The fourth-order valence-corrected chi connectivity index (χ4v) is 1.21. The highest BCUT2D eigenvalue weighted by atomic mass is 16.1. The molecule has 0 aromatic carbocycles. The number of aromatic nitrogens is 2. The highest BCUT2D eigenvalue weighted by Crippen LogP contribution is 2.01. The Balaban J connectivity index is 2.11. The van der Waals surface area contributed by atoms with Gasteiger partial charge in [-0.1, -0.05) is 6.07 Å². The van der Waals surface area contributed by atoms with E-state index >= 15 is 0 Å². The van der Waals surface area contributed by atoms with Crippen LogP contribution in [-0.2, 0) is 0 Å². The van der Waals surface area contributed by atoms with Crippen molar-refractivity contribution < 1.29 is 4.79 Å². The number of aromatic amines is 1. The van der Waals surface area contributed by atoms with E-state index in [0.717, 1.165) is 5.69 Å². The quantitative estimate of drug-likeness (QED) is 0.607. The molecular formula is C12H10N2O. The summed E-state index contributed by atoms with van der Waals surface area (Å²) < 4.78 is 0. The summed E-state index contributed by atoms with van der Waals surface area (Å²) >= 11 is 0. The van der Waals surface area contributed by atoms with Gasteiger partial charge in [-0.05, 0) is 36.4 Å². The number of H-pyrrole nitrogens is 1. The van der Waals surface area contributed by atoms with Crippen molar-refractivity contribution >= 4 is 11.9 Å². The van der Waals surface area contributed by atoms with E-state index in [9.17, 15) is 4.79 Å². The third-order valence-corrected chi connectivity index (χ3v) is 1.95. The van der Waals surface area contributed by atoms with Crippen LogP contribution in [0.25, 0.3) is 6.08 Å². The van der Waals surface area contributed by atoms with Gasteiger partial charge in [0.25, 0.3) is 0 Å². The maximum Gasteiger partial charge on any atom is 0.204 e. The molecule has 0 aliphatic rings. The van der Waals surface area contributed by atoms with Gasteiger partial charge in [-0.15, -0.1) is 0 Å². The number of pyridine rings is 1. The Hall–Kier alpha value is -2.16. The molecule has 2 rings (SSSR count). The van der Waals surface area contributed by atoms with E-state index in [-0.39, 0.29) is 5.78 Å². The van der Waals surface area contributed by atoms with E-state index in [0.29, 0.717) is 5.69 Å². The zero-order valence-corrected chi connectivity index (χ0v) is 8.05. The molecule has 3 heteroatoms. The molecule has 2 heterocycles. The number of allylic oxidation sites excluding steroid dienone is 1. The fraction of sp³-hybridized carbons (Fsp3) is 0. The maximum atomic E-state index is 11.6. The van der Waals surface area contributed by atoms with Gasteiger partial charge in [0.1, 0.15) is 5.69 Å². The van der Waals surface area contributed by atoms with Gasteiger partial charge in [-0.25, -0.2) is 0 Å². The number of hydrogen-bond donors (Lipinski definition) is 1. The molecule has 0 saturated heterocycles. The van der Waals surface area contributed by atoms with Crippen LogP contribution in [0.2, 0.25) is 0 Å². The van der Waals surface area contributed by atoms with E-state index in [1.165, 1.54) is 6.08 Å². The maximum absolute atomic E-state index is 11.6. The summed E-state index contributed by atoms with van der Waals surface area (Å²) in [5.41, 5.74) is 1.36. The van der Waals surface area contributed by atoms with E-state index in [4.69, 9.17) is 0 Å². The first-order valence-electron chi connectivity index (χ1n) is 4.63. The van der Waals surface area contributed by atoms with Gasteiger partial charge < -0.3 is 4.98 Å². The van der Waals surface area contributed by atoms with Crippen molar-refractivity contribution in [3.63, 3.8) is 0 Å². The van der Waals surface area contributed by atoms with Crippen LogP contribution in [0.15, 0.2) is 48.8 Å². The lowest BCUT2D eigenvalue weighted by Crippen LogP contribution is -1.96. The Kier molecular flexibility index (Phi) is 2.74. The van der Waals surface area contributed by atoms with Gasteiger partial charge in [-0.3, -0.25) is 9.78 Å². The lowest BCUT2D eigenvalue weighted by atomic mass is 10.2. The second-order valence-corrected chi connectivity index (χ2v) is 3.04. The molecular weight excluding hydrogens is 188 g/mol. The molecule has 0 bridgehead atoms. The molecule has 74 valence electrons. The lowest BCUT2D eigenvalue weighted by molar-refractivity contribution is 0.104. The van der Waals surface area contributed by atoms with Crippen molar-refractivity contribution in [3.8, 4) is 0 Å². The van der Waals surface area contributed by atoms with Crippen molar-refractivity contribution in [3.05, 3.63) is 60.2 Å². The minimum absolute atomic E-state index is 0.0924. The number of hydrogen-bond acceptors (Lipinski definition) is 2. The summed E-state index contributed by atoms with van der Waals surface area (Å²) in [6.45, 7) is 0. The molecule has 0 unspecified atom stereocenters. The molecule has 0 atom stereocenters. The van der Waals surface area contributed by atoms with Crippen molar-refractivity contribution in [2.45, 2.75) is 0 Å².